The Morgan fingerprint density at radius 1 is 1.38 bits per heavy atom. The lowest BCUT2D eigenvalue weighted by Gasteiger charge is -2.08. The summed E-state index contributed by atoms with van der Waals surface area (Å²) in [6, 6.07) is 6.68. The number of aryl methyl sites for hydroxylation is 1. The molecule has 0 radical (unpaired) electrons. The van der Waals surface area contributed by atoms with Crippen LogP contribution in [-0.2, 0) is 0 Å². The van der Waals surface area contributed by atoms with E-state index in [2.05, 4.69) is 31.3 Å². The molecule has 1 unspecified atom stereocenters. The number of benzene rings is 1. The van der Waals surface area contributed by atoms with Crippen molar-refractivity contribution in [3.8, 4) is 5.75 Å². The molecular weight excluding hydrogens is 218 g/mol. The first-order valence-electron chi connectivity index (χ1n) is 5.41. The first-order chi connectivity index (χ1) is 7.67. The zero-order chi connectivity index (χ0) is 11.7. The van der Waals surface area contributed by atoms with Crippen LogP contribution in [0.15, 0.2) is 18.2 Å². The fourth-order valence-electron chi connectivity index (χ4n) is 1.89. The fourth-order valence-corrected chi connectivity index (χ4v) is 3.14. The van der Waals surface area contributed by atoms with E-state index in [1.54, 1.807) is 7.11 Å². The first-order valence-corrected chi connectivity index (χ1v) is 6.23. The standard InChI is InChI=1S/C13H17NOS/c1-8-11-7-10(15-4)5-6-12(11)16-13(8)9(2)14-3/h5-7,9,14H,1-4H3. The molecule has 1 aromatic heterocycles. The molecule has 0 aliphatic carbocycles. The zero-order valence-corrected chi connectivity index (χ0v) is 10.9. The van der Waals surface area contributed by atoms with E-state index in [4.69, 9.17) is 4.74 Å². The molecule has 0 amide bonds. The molecular formula is C13H17NOS. The maximum atomic E-state index is 5.26. The third-order valence-electron chi connectivity index (χ3n) is 3.01. The third kappa shape index (κ3) is 1.81. The van der Waals surface area contributed by atoms with Crippen molar-refractivity contribution < 1.29 is 4.74 Å². The largest absolute Gasteiger partial charge is 0.497 e. The Hall–Kier alpha value is -1.06. The van der Waals surface area contributed by atoms with Crippen molar-refractivity contribution in [2.75, 3.05) is 14.2 Å². The van der Waals surface area contributed by atoms with Crippen LogP contribution >= 0.6 is 11.3 Å². The van der Waals surface area contributed by atoms with Gasteiger partial charge in [0.2, 0.25) is 0 Å². The van der Waals surface area contributed by atoms with Crippen molar-refractivity contribution in [3.05, 3.63) is 28.6 Å². The minimum absolute atomic E-state index is 0.406. The molecule has 0 aliphatic heterocycles. The summed E-state index contributed by atoms with van der Waals surface area (Å²) in [6.07, 6.45) is 0. The molecule has 0 saturated carbocycles. The highest BCUT2D eigenvalue weighted by Gasteiger charge is 2.13. The molecule has 1 N–H and O–H groups in total. The van der Waals surface area contributed by atoms with Crippen LogP contribution < -0.4 is 10.1 Å². The van der Waals surface area contributed by atoms with E-state index in [-0.39, 0.29) is 0 Å². The highest BCUT2D eigenvalue weighted by Crippen LogP contribution is 2.36. The molecule has 3 heteroatoms. The van der Waals surface area contributed by atoms with Crippen LogP contribution in [0.4, 0.5) is 0 Å². The second-order valence-corrected chi connectivity index (χ2v) is 5.05. The van der Waals surface area contributed by atoms with Crippen molar-refractivity contribution in [2.24, 2.45) is 0 Å². The maximum Gasteiger partial charge on any atom is 0.119 e. The van der Waals surface area contributed by atoms with Gasteiger partial charge in [0.25, 0.3) is 0 Å². The second kappa shape index (κ2) is 4.44. The summed E-state index contributed by atoms with van der Waals surface area (Å²) < 4.78 is 6.59. The van der Waals surface area contributed by atoms with Gasteiger partial charge in [0, 0.05) is 15.6 Å². The molecule has 1 atom stereocenters. The zero-order valence-electron chi connectivity index (χ0n) is 10.1. The number of fused-ring (bicyclic) bond motifs is 1. The van der Waals surface area contributed by atoms with Gasteiger partial charge < -0.3 is 10.1 Å². The van der Waals surface area contributed by atoms with Gasteiger partial charge in [-0.2, -0.15) is 0 Å². The van der Waals surface area contributed by atoms with E-state index in [0.29, 0.717) is 6.04 Å². The number of hydrogen-bond acceptors (Lipinski definition) is 3. The summed E-state index contributed by atoms with van der Waals surface area (Å²) >= 11 is 1.86. The van der Waals surface area contributed by atoms with Gasteiger partial charge in [-0.1, -0.05) is 0 Å². The lowest BCUT2D eigenvalue weighted by atomic mass is 10.1. The first kappa shape index (κ1) is 11.4. The molecule has 0 saturated heterocycles. The fraction of sp³-hybridized carbons (Fsp3) is 0.385. The average Bonchev–Trinajstić information content (AvgIpc) is 2.65. The number of ether oxygens (including phenoxy) is 1. The maximum absolute atomic E-state index is 5.26. The highest BCUT2D eigenvalue weighted by molar-refractivity contribution is 7.19. The van der Waals surface area contributed by atoms with Crippen LogP contribution in [0.25, 0.3) is 10.1 Å². The highest BCUT2D eigenvalue weighted by atomic mass is 32.1. The topological polar surface area (TPSA) is 21.3 Å². The van der Waals surface area contributed by atoms with Gasteiger partial charge in [0.05, 0.1) is 7.11 Å². The van der Waals surface area contributed by atoms with Gasteiger partial charge in [-0.3, -0.25) is 0 Å². The number of nitrogens with one attached hydrogen (secondary N) is 1. The van der Waals surface area contributed by atoms with E-state index >= 15 is 0 Å². The monoisotopic (exact) mass is 235 g/mol. The Morgan fingerprint density at radius 3 is 2.75 bits per heavy atom. The smallest absolute Gasteiger partial charge is 0.119 e. The summed E-state index contributed by atoms with van der Waals surface area (Å²) in [5.74, 6) is 0.928. The Bertz CT molecular complexity index is 504. The molecule has 0 fully saturated rings. The quantitative estimate of drug-likeness (QED) is 0.879. The normalized spacial score (nSPS) is 13.0. The van der Waals surface area contributed by atoms with E-state index in [1.807, 2.05) is 24.5 Å². The number of hydrogen-bond donors (Lipinski definition) is 1. The predicted octanol–water partition coefficient (Wildman–Crippen LogP) is 3.50. The Kier molecular flexibility index (Phi) is 3.17. The van der Waals surface area contributed by atoms with Crippen LogP contribution in [0, 0.1) is 6.92 Å². The summed E-state index contributed by atoms with van der Waals surface area (Å²) in [4.78, 5) is 1.41. The van der Waals surface area contributed by atoms with Crippen LogP contribution in [-0.4, -0.2) is 14.2 Å². The third-order valence-corrected chi connectivity index (χ3v) is 4.46. The van der Waals surface area contributed by atoms with Crippen LogP contribution in [0.5, 0.6) is 5.75 Å². The van der Waals surface area contributed by atoms with Crippen molar-refractivity contribution in [1.29, 1.82) is 0 Å². The molecule has 1 aromatic carbocycles. The summed E-state index contributed by atoms with van der Waals surface area (Å²) in [5, 5.41) is 4.60. The Balaban J connectivity index is 2.59. The van der Waals surface area contributed by atoms with Gasteiger partial charge in [-0.15, -0.1) is 11.3 Å². The van der Waals surface area contributed by atoms with Crippen molar-refractivity contribution in [3.63, 3.8) is 0 Å². The summed E-state index contributed by atoms with van der Waals surface area (Å²) in [7, 11) is 3.70. The van der Waals surface area contributed by atoms with E-state index in [1.165, 1.54) is 20.5 Å². The van der Waals surface area contributed by atoms with Gasteiger partial charge in [0.15, 0.2) is 0 Å². The van der Waals surface area contributed by atoms with Gasteiger partial charge in [-0.25, -0.2) is 0 Å². The van der Waals surface area contributed by atoms with E-state index < -0.39 is 0 Å². The minimum Gasteiger partial charge on any atom is -0.497 e. The number of rotatable bonds is 3. The Labute approximate surface area is 100 Å². The van der Waals surface area contributed by atoms with Gasteiger partial charge in [0.1, 0.15) is 5.75 Å². The molecule has 1 heterocycles. The van der Waals surface area contributed by atoms with Crippen LogP contribution in [0.3, 0.4) is 0 Å². The molecule has 86 valence electrons. The van der Waals surface area contributed by atoms with E-state index in [9.17, 15) is 0 Å². The lowest BCUT2D eigenvalue weighted by Crippen LogP contribution is -2.11. The lowest BCUT2D eigenvalue weighted by molar-refractivity contribution is 0.415. The van der Waals surface area contributed by atoms with Gasteiger partial charge in [-0.05, 0) is 50.0 Å². The number of methoxy groups -OCH3 is 1. The van der Waals surface area contributed by atoms with E-state index in [0.717, 1.165) is 5.75 Å². The van der Waals surface area contributed by atoms with Crippen molar-refractivity contribution in [1.82, 2.24) is 5.32 Å². The molecule has 0 spiro atoms. The van der Waals surface area contributed by atoms with Crippen LogP contribution in [0.2, 0.25) is 0 Å². The van der Waals surface area contributed by atoms with Gasteiger partial charge >= 0.3 is 0 Å². The predicted molar refractivity (Wildman–Crippen MR) is 70.6 cm³/mol. The van der Waals surface area contributed by atoms with Crippen molar-refractivity contribution in [2.45, 2.75) is 19.9 Å². The Morgan fingerprint density at radius 2 is 2.12 bits per heavy atom. The summed E-state index contributed by atoms with van der Waals surface area (Å²) in [6.45, 7) is 4.37. The molecule has 2 nitrogen and oxygen atoms in total. The molecule has 0 aliphatic rings. The second-order valence-electron chi connectivity index (χ2n) is 3.96. The number of thiophene rings is 1. The molecule has 16 heavy (non-hydrogen) atoms. The molecule has 0 bridgehead atoms. The van der Waals surface area contributed by atoms with Crippen LogP contribution in [0.1, 0.15) is 23.4 Å². The minimum atomic E-state index is 0.406. The summed E-state index contributed by atoms with van der Waals surface area (Å²) in [5.41, 5.74) is 1.36. The molecule has 2 rings (SSSR count). The average molecular weight is 235 g/mol. The van der Waals surface area contributed by atoms with Crippen molar-refractivity contribution >= 4 is 21.4 Å². The molecule has 2 aromatic rings. The SMILES string of the molecule is CNC(C)c1sc2ccc(OC)cc2c1C.